The molecule has 0 aliphatic rings. The molecule has 5 nitrogen and oxygen atoms in total. The molecule has 6 heteroatoms. The third-order valence-corrected chi connectivity index (χ3v) is 4.41. The number of aliphatic hydroxyl groups excluding tert-OH is 1. The van der Waals surface area contributed by atoms with Gasteiger partial charge in [0.25, 0.3) is 0 Å². The van der Waals surface area contributed by atoms with E-state index in [9.17, 15) is 13.5 Å². The summed E-state index contributed by atoms with van der Waals surface area (Å²) in [4.78, 5) is 0. The van der Waals surface area contributed by atoms with Crippen LogP contribution >= 0.6 is 0 Å². The lowest BCUT2D eigenvalue weighted by Gasteiger charge is -2.10. The number of nitrogens with one attached hydrogen (secondary N) is 1. The Morgan fingerprint density at radius 3 is 2.76 bits per heavy atom. The van der Waals surface area contributed by atoms with Crippen molar-refractivity contribution in [2.45, 2.75) is 25.2 Å². The number of furan rings is 1. The second kappa shape index (κ2) is 6.89. The molecule has 0 amide bonds. The van der Waals surface area contributed by atoms with Crippen LogP contribution in [-0.4, -0.2) is 20.1 Å². The Balaban J connectivity index is 1.84. The Labute approximate surface area is 124 Å². The molecule has 0 saturated carbocycles. The second-order valence-corrected chi connectivity index (χ2v) is 6.77. The van der Waals surface area contributed by atoms with Crippen molar-refractivity contribution in [1.29, 1.82) is 0 Å². The molecule has 2 rings (SSSR count). The van der Waals surface area contributed by atoms with Crippen LogP contribution in [0.25, 0.3) is 0 Å². The number of benzene rings is 1. The van der Waals surface area contributed by atoms with E-state index in [0.717, 1.165) is 11.1 Å². The Morgan fingerprint density at radius 1 is 1.29 bits per heavy atom. The smallest absolute Gasteiger partial charge is 0.215 e. The minimum Gasteiger partial charge on any atom is -0.467 e. The molecule has 2 N–H and O–H groups in total. The van der Waals surface area contributed by atoms with Gasteiger partial charge in [-0.2, -0.15) is 0 Å². The Hall–Kier alpha value is -1.63. The van der Waals surface area contributed by atoms with Gasteiger partial charge in [0.05, 0.1) is 12.0 Å². The van der Waals surface area contributed by atoms with Crippen molar-refractivity contribution >= 4 is 10.0 Å². The lowest BCUT2D eigenvalue weighted by molar-refractivity contribution is 0.142. The SMILES string of the molecule is Cc1cccc(CS(=O)(=O)NCCC(O)c2ccco2)c1. The Morgan fingerprint density at radius 2 is 2.10 bits per heavy atom. The largest absolute Gasteiger partial charge is 0.467 e. The van der Waals surface area contributed by atoms with Crippen LogP contribution in [0.15, 0.2) is 47.1 Å². The average Bonchev–Trinajstić information content (AvgIpc) is 2.91. The van der Waals surface area contributed by atoms with Gasteiger partial charge in [0.2, 0.25) is 10.0 Å². The summed E-state index contributed by atoms with van der Waals surface area (Å²) in [5.41, 5.74) is 1.77. The lowest BCUT2D eigenvalue weighted by Crippen LogP contribution is -2.27. The number of hydrogen-bond donors (Lipinski definition) is 2. The van der Waals surface area contributed by atoms with Crippen LogP contribution in [-0.2, 0) is 15.8 Å². The van der Waals surface area contributed by atoms with Gasteiger partial charge in [-0.05, 0) is 31.0 Å². The molecule has 0 radical (unpaired) electrons. The summed E-state index contributed by atoms with van der Waals surface area (Å²) in [6.07, 6.45) is 0.933. The average molecular weight is 309 g/mol. The fraction of sp³-hybridized carbons (Fsp3) is 0.333. The quantitative estimate of drug-likeness (QED) is 0.821. The molecular weight excluding hydrogens is 290 g/mol. The van der Waals surface area contributed by atoms with Crippen LogP contribution in [0.1, 0.15) is 29.4 Å². The summed E-state index contributed by atoms with van der Waals surface area (Å²) in [6, 6.07) is 10.7. The van der Waals surface area contributed by atoms with Crippen molar-refractivity contribution in [1.82, 2.24) is 4.72 Å². The molecule has 21 heavy (non-hydrogen) atoms. The molecule has 2 aromatic rings. The van der Waals surface area contributed by atoms with Crippen LogP contribution in [0.4, 0.5) is 0 Å². The summed E-state index contributed by atoms with van der Waals surface area (Å²) < 4.78 is 31.5. The molecule has 0 aliphatic heterocycles. The van der Waals surface area contributed by atoms with E-state index in [1.165, 1.54) is 6.26 Å². The van der Waals surface area contributed by atoms with Gasteiger partial charge >= 0.3 is 0 Å². The second-order valence-electron chi connectivity index (χ2n) is 4.96. The van der Waals surface area contributed by atoms with Crippen LogP contribution in [0.3, 0.4) is 0 Å². The normalized spacial score (nSPS) is 13.2. The maximum Gasteiger partial charge on any atom is 0.215 e. The molecule has 1 aromatic carbocycles. The fourth-order valence-corrected chi connectivity index (χ4v) is 3.20. The minimum absolute atomic E-state index is 0.0640. The predicted molar refractivity (Wildman–Crippen MR) is 80.1 cm³/mol. The standard InChI is InChI=1S/C15H19NO4S/c1-12-4-2-5-13(10-12)11-21(18,19)16-8-7-14(17)15-6-3-9-20-15/h2-6,9-10,14,16-17H,7-8,11H2,1H3. The first-order valence-electron chi connectivity index (χ1n) is 6.70. The molecule has 1 atom stereocenters. The van der Waals surface area contributed by atoms with E-state index in [1.807, 2.05) is 25.1 Å². The topological polar surface area (TPSA) is 79.5 Å². The van der Waals surface area contributed by atoms with Crippen molar-refractivity contribution in [2.75, 3.05) is 6.54 Å². The Bertz CT molecular complexity index is 665. The third-order valence-electron chi connectivity index (χ3n) is 3.05. The van der Waals surface area contributed by atoms with E-state index in [0.29, 0.717) is 5.76 Å². The van der Waals surface area contributed by atoms with Gasteiger partial charge in [0.15, 0.2) is 0 Å². The Kier molecular flexibility index (Phi) is 5.17. The molecule has 114 valence electrons. The molecule has 0 fully saturated rings. The molecule has 1 aromatic heterocycles. The highest BCUT2D eigenvalue weighted by atomic mass is 32.2. The number of aryl methyl sites for hydroxylation is 1. The third kappa shape index (κ3) is 5.00. The summed E-state index contributed by atoms with van der Waals surface area (Å²) in [7, 11) is -3.41. The maximum atomic E-state index is 12.0. The first-order valence-corrected chi connectivity index (χ1v) is 8.36. The minimum atomic E-state index is -3.41. The zero-order valence-electron chi connectivity index (χ0n) is 11.8. The highest BCUT2D eigenvalue weighted by molar-refractivity contribution is 7.88. The van der Waals surface area contributed by atoms with Crippen molar-refractivity contribution in [2.24, 2.45) is 0 Å². The number of hydrogen-bond acceptors (Lipinski definition) is 4. The summed E-state index contributed by atoms with van der Waals surface area (Å²) in [6.45, 7) is 2.08. The van der Waals surface area contributed by atoms with Crippen molar-refractivity contribution in [3.8, 4) is 0 Å². The molecule has 0 aliphatic carbocycles. The van der Waals surface area contributed by atoms with Crippen molar-refractivity contribution in [3.05, 3.63) is 59.5 Å². The zero-order valence-corrected chi connectivity index (χ0v) is 12.6. The molecular formula is C15H19NO4S. The summed E-state index contributed by atoms with van der Waals surface area (Å²) in [5.74, 6) is 0.374. The van der Waals surface area contributed by atoms with Gasteiger partial charge < -0.3 is 9.52 Å². The lowest BCUT2D eigenvalue weighted by atomic mass is 10.2. The van der Waals surface area contributed by atoms with E-state index in [1.54, 1.807) is 18.2 Å². The van der Waals surface area contributed by atoms with Crippen LogP contribution in [0.2, 0.25) is 0 Å². The maximum absolute atomic E-state index is 12.0. The van der Waals surface area contributed by atoms with E-state index in [2.05, 4.69) is 4.72 Å². The summed E-state index contributed by atoms with van der Waals surface area (Å²) in [5, 5.41) is 9.80. The van der Waals surface area contributed by atoms with Gasteiger partial charge in [-0.15, -0.1) is 0 Å². The molecule has 1 heterocycles. The van der Waals surface area contributed by atoms with E-state index >= 15 is 0 Å². The molecule has 1 unspecified atom stereocenters. The van der Waals surface area contributed by atoms with Crippen LogP contribution in [0, 0.1) is 6.92 Å². The van der Waals surface area contributed by atoms with Gasteiger partial charge in [0.1, 0.15) is 11.9 Å². The predicted octanol–water partition coefficient (Wildman–Crippen LogP) is 2.13. The number of aliphatic hydroxyl groups is 1. The van der Waals surface area contributed by atoms with E-state index in [-0.39, 0.29) is 18.7 Å². The van der Waals surface area contributed by atoms with Gasteiger partial charge in [0, 0.05) is 6.54 Å². The highest BCUT2D eigenvalue weighted by Crippen LogP contribution is 2.16. The first kappa shape index (κ1) is 15.8. The van der Waals surface area contributed by atoms with Gasteiger partial charge in [-0.25, -0.2) is 13.1 Å². The van der Waals surface area contributed by atoms with E-state index in [4.69, 9.17) is 4.42 Å². The first-order chi connectivity index (χ1) is 9.96. The zero-order chi connectivity index (χ0) is 15.3. The molecule has 0 saturated heterocycles. The van der Waals surface area contributed by atoms with Crippen molar-refractivity contribution in [3.63, 3.8) is 0 Å². The fourth-order valence-electron chi connectivity index (χ4n) is 2.05. The monoisotopic (exact) mass is 309 g/mol. The van der Waals surface area contributed by atoms with Gasteiger partial charge in [-0.3, -0.25) is 0 Å². The van der Waals surface area contributed by atoms with Crippen LogP contribution < -0.4 is 4.72 Å². The van der Waals surface area contributed by atoms with Crippen molar-refractivity contribution < 1.29 is 17.9 Å². The summed E-state index contributed by atoms with van der Waals surface area (Å²) >= 11 is 0. The van der Waals surface area contributed by atoms with Gasteiger partial charge in [-0.1, -0.05) is 29.8 Å². The molecule has 0 spiro atoms. The molecule has 0 bridgehead atoms. The number of sulfonamides is 1. The highest BCUT2D eigenvalue weighted by Gasteiger charge is 2.14. The number of rotatable bonds is 7. The van der Waals surface area contributed by atoms with Crippen LogP contribution in [0.5, 0.6) is 0 Å². The van der Waals surface area contributed by atoms with E-state index < -0.39 is 16.1 Å².